The van der Waals surface area contributed by atoms with Crippen molar-refractivity contribution in [3.05, 3.63) is 52.4 Å². The van der Waals surface area contributed by atoms with Crippen LogP contribution in [-0.4, -0.2) is 32.2 Å². The highest BCUT2D eigenvalue weighted by atomic mass is 32.1. The lowest BCUT2D eigenvalue weighted by atomic mass is 10.1. The molecule has 6 nitrogen and oxygen atoms in total. The Morgan fingerprint density at radius 1 is 1.24 bits per heavy atom. The summed E-state index contributed by atoms with van der Waals surface area (Å²) in [4.78, 5) is 7.22. The number of hydrogen-bond acceptors (Lipinski definition) is 6. The van der Waals surface area contributed by atoms with Gasteiger partial charge in [0.2, 0.25) is 0 Å². The summed E-state index contributed by atoms with van der Waals surface area (Å²) in [5.41, 5.74) is 2.52. The summed E-state index contributed by atoms with van der Waals surface area (Å²) in [7, 11) is 0. The first-order valence-corrected chi connectivity index (χ1v) is 9.63. The van der Waals surface area contributed by atoms with Crippen LogP contribution < -0.4 is 4.90 Å². The predicted molar refractivity (Wildman–Crippen MR) is 98.8 cm³/mol. The zero-order valence-corrected chi connectivity index (χ0v) is 15.2. The Hall–Kier alpha value is -2.28. The van der Waals surface area contributed by atoms with Gasteiger partial charge in [0.25, 0.3) is 0 Å². The molecular formula is C18H22N6S. The number of thiazole rings is 1. The molecule has 4 rings (SSSR count). The summed E-state index contributed by atoms with van der Waals surface area (Å²) in [6.07, 6.45) is 5.48. The van der Waals surface area contributed by atoms with Crippen LogP contribution in [0.4, 0.5) is 5.00 Å². The Kier molecular flexibility index (Phi) is 4.74. The monoisotopic (exact) mass is 354 g/mol. The molecule has 0 radical (unpaired) electrons. The normalized spacial score (nSPS) is 17.3. The fourth-order valence-electron chi connectivity index (χ4n) is 3.49. The van der Waals surface area contributed by atoms with E-state index in [2.05, 4.69) is 62.8 Å². The van der Waals surface area contributed by atoms with E-state index in [0.29, 0.717) is 0 Å². The van der Waals surface area contributed by atoms with Gasteiger partial charge in [-0.05, 0) is 44.6 Å². The fraction of sp³-hybridized carbons (Fsp3) is 0.444. The molecule has 0 aliphatic carbocycles. The van der Waals surface area contributed by atoms with Crippen LogP contribution in [0.3, 0.4) is 0 Å². The van der Waals surface area contributed by atoms with Crippen molar-refractivity contribution in [2.45, 2.75) is 45.1 Å². The minimum absolute atomic E-state index is 0.218. The van der Waals surface area contributed by atoms with Crippen LogP contribution in [0, 0.1) is 6.92 Å². The third kappa shape index (κ3) is 3.56. The number of aromatic nitrogens is 5. The molecule has 0 saturated carbocycles. The van der Waals surface area contributed by atoms with E-state index < -0.39 is 0 Å². The van der Waals surface area contributed by atoms with Gasteiger partial charge in [0.1, 0.15) is 5.00 Å². The van der Waals surface area contributed by atoms with Crippen LogP contribution in [0.15, 0.2) is 30.3 Å². The smallest absolute Gasteiger partial charge is 0.196 e. The van der Waals surface area contributed by atoms with Gasteiger partial charge in [-0.2, -0.15) is 5.21 Å². The number of nitrogens with zero attached hydrogens (tertiary/aromatic N) is 5. The molecular weight excluding hydrogens is 332 g/mol. The number of H-pyrrole nitrogens is 1. The van der Waals surface area contributed by atoms with E-state index in [1.165, 1.54) is 15.6 Å². The van der Waals surface area contributed by atoms with Crippen LogP contribution in [0.1, 0.15) is 47.4 Å². The van der Waals surface area contributed by atoms with Gasteiger partial charge in [0.15, 0.2) is 5.82 Å². The standard InChI is InChI=1S/C18H22N6S/c1-13-18(24-12-6-10-15(24)17-20-22-23-21-17)25-16(19-13)11-5-9-14-7-3-2-4-8-14/h2-4,7-8,15H,5-6,9-12H2,1H3,(H,20,21,22,23)/t15-/m0/s1. The average molecular weight is 354 g/mol. The molecule has 0 spiro atoms. The van der Waals surface area contributed by atoms with E-state index in [9.17, 15) is 0 Å². The van der Waals surface area contributed by atoms with Gasteiger partial charge in [-0.25, -0.2) is 4.98 Å². The third-order valence-electron chi connectivity index (χ3n) is 4.69. The van der Waals surface area contributed by atoms with Crippen LogP contribution in [0.2, 0.25) is 0 Å². The van der Waals surface area contributed by atoms with Gasteiger partial charge in [-0.3, -0.25) is 0 Å². The molecule has 0 unspecified atom stereocenters. The summed E-state index contributed by atoms with van der Waals surface area (Å²) in [5, 5.41) is 17.2. The Balaban J connectivity index is 1.43. The lowest BCUT2D eigenvalue weighted by molar-refractivity contribution is 0.669. The molecule has 130 valence electrons. The highest BCUT2D eigenvalue weighted by Crippen LogP contribution is 2.39. The van der Waals surface area contributed by atoms with Crippen LogP contribution in [0.5, 0.6) is 0 Å². The number of rotatable bonds is 6. The van der Waals surface area contributed by atoms with Crippen molar-refractivity contribution in [1.29, 1.82) is 0 Å². The maximum atomic E-state index is 4.81. The molecule has 1 aliphatic rings. The van der Waals surface area contributed by atoms with E-state index in [1.54, 1.807) is 0 Å². The van der Waals surface area contributed by atoms with Crippen molar-refractivity contribution in [2.24, 2.45) is 0 Å². The lowest BCUT2D eigenvalue weighted by Gasteiger charge is -2.22. The second-order valence-electron chi connectivity index (χ2n) is 6.46. The fourth-order valence-corrected chi connectivity index (χ4v) is 4.68. The quantitative estimate of drug-likeness (QED) is 0.734. The summed E-state index contributed by atoms with van der Waals surface area (Å²) in [6, 6.07) is 10.9. The van der Waals surface area contributed by atoms with E-state index in [0.717, 1.165) is 50.2 Å². The summed E-state index contributed by atoms with van der Waals surface area (Å²) in [6.45, 7) is 3.14. The minimum Gasteiger partial charge on any atom is -0.351 e. The second kappa shape index (κ2) is 7.31. The number of tetrazole rings is 1. The molecule has 0 bridgehead atoms. The molecule has 1 N–H and O–H groups in total. The number of benzene rings is 1. The molecule has 1 aliphatic heterocycles. The van der Waals surface area contributed by atoms with Crippen LogP contribution in [0.25, 0.3) is 0 Å². The van der Waals surface area contributed by atoms with Gasteiger partial charge in [-0.1, -0.05) is 35.5 Å². The van der Waals surface area contributed by atoms with Gasteiger partial charge in [0.05, 0.1) is 16.7 Å². The zero-order chi connectivity index (χ0) is 17.1. The van der Waals surface area contributed by atoms with Crippen molar-refractivity contribution < 1.29 is 0 Å². The molecule has 3 heterocycles. The molecule has 0 amide bonds. The number of aryl methyl sites for hydroxylation is 3. The predicted octanol–water partition coefficient (Wildman–Crippen LogP) is 3.48. The van der Waals surface area contributed by atoms with E-state index in [-0.39, 0.29) is 6.04 Å². The third-order valence-corrected chi connectivity index (χ3v) is 5.94. The Bertz CT molecular complexity index is 798. The first kappa shape index (κ1) is 16.2. The average Bonchev–Trinajstić information content (AvgIpc) is 3.35. The van der Waals surface area contributed by atoms with E-state index in [4.69, 9.17) is 4.98 Å². The molecule has 7 heteroatoms. The largest absolute Gasteiger partial charge is 0.351 e. The number of hydrogen-bond donors (Lipinski definition) is 1. The first-order chi connectivity index (χ1) is 12.3. The van der Waals surface area contributed by atoms with Gasteiger partial charge in [-0.15, -0.1) is 21.5 Å². The number of nitrogens with one attached hydrogen (secondary N) is 1. The maximum Gasteiger partial charge on any atom is 0.196 e. The number of aromatic amines is 1. The van der Waals surface area contributed by atoms with E-state index >= 15 is 0 Å². The van der Waals surface area contributed by atoms with Crippen molar-refractivity contribution in [3.63, 3.8) is 0 Å². The van der Waals surface area contributed by atoms with Crippen LogP contribution in [-0.2, 0) is 12.8 Å². The number of anilines is 1. The Labute approximate surface area is 151 Å². The van der Waals surface area contributed by atoms with Crippen molar-refractivity contribution >= 4 is 16.3 Å². The molecule has 1 aromatic carbocycles. The van der Waals surface area contributed by atoms with Crippen molar-refractivity contribution in [3.8, 4) is 0 Å². The Morgan fingerprint density at radius 3 is 2.92 bits per heavy atom. The summed E-state index contributed by atoms with van der Waals surface area (Å²) < 4.78 is 0. The van der Waals surface area contributed by atoms with Gasteiger partial charge >= 0.3 is 0 Å². The van der Waals surface area contributed by atoms with Gasteiger partial charge in [0, 0.05) is 6.54 Å². The minimum atomic E-state index is 0.218. The van der Waals surface area contributed by atoms with Crippen LogP contribution >= 0.6 is 11.3 Å². The second-order valence-corrected chi connectivity index (χ2v) is 7.52. The first-order valence-electron chi connectivity index (χ1n) is 8.81. The highest BCUT2D eigenvalue weighted by Gasteiger charge is 2.31. The molecule has 25 heavy (non-hydrogen) atoms. The summed E-state index contributed by atoms with van der Waals surface area (Å²) >= 11 is 1.82. The van der Waals surface area contributed by atoms with Crippen molar-refractivity contribution in [1.82, 2.24) is 25.6 Å². The SMILES string of the molecule is Cc1nc(CCCc2ccccc2)sc1N1CCC[C@H]1c1nn[nH]n1. The molecule has 3 aromatic rings. The molecule has 1 saturated heterocycles. The zero-order valence-electron chi connectivity index (χ0n) is 14.4. The molecule has 1 atom stereocenters. The molecule has 1 fully saturated rings. The Morgan fingerprint density at radius 2 is 2.12 bits per heavy atom. The van der Waals surface area contributed by atoms with E-state index in [1.807, 2.05) is 11.3 Å². The topological polar surface area (TPSA) is 70.6 Å². The van der Waals surface area contributed by atoms with Gasteiger partial charge < -0.3 is 4.90 Å². The lowest BCUT2D eigenvalue weighted by Crippen LogP contribution is -2.23. The summed E-state index contributed by atoms with van der Waals surface area (Å²) in [5.74, 6) is 0.788. The van der Waals surface area contributed by atoms with Crippen molar-refractivity contribution in [2.75, 3.05) is 11.4 Å². The highest BCUT2D eigenvalue weighted by molar-refractivity contribution is 7.15. The molecule has 2 aromatic heterocycles. The maximum absolute atomic E-state index is 4.81.